The SMILES string of the molecule is Cc1cc(Br)cc(NC(=O)C2(/C(N)=N/O)CCCCC2)c1. The van der Waals surface area contributed by atoms with Crippen molar-refractivity contribution < 1.29 is 10.0 Å². The number of benzene rings is 1. The second-order valence-electron chi connectivity index (χ2n) is 5.60. The predicted octanol–water partition coefficient (Wildman–Crippen LogP) is 3.39. The van der Waals surface area contributed by atoms with Crippen molar-refractivity contribution in [3.05, 3.63) is 28.2 Å². The van der Waals surface area contributed by atoms with Gasteiger partial charge in [0.25, 0.3) is 0 Å². The summed E-state index contributed by atoms with van der Waals surface area (Å²) in [5.41, 5.74) is 6.68. The van der Waals surface area contributed by atoms with Gasteiger partial charge >= 0.3 is 0 Å². The number of amidine groups is 1. The number of carbonyl (C=O) groups is 1. The Labute approximate surface area is 132 Å². The molecule has 0 atom stereocenters. The number of nitrogens with zero attached hydrogens (tertiary/aromatic N) is 1. The highest BCUT2D eigenvalue weighted by Crippen LogP contribution is 2.38. The Hall–Kier alpha value is -1.56. The van der Waals surface area contributed by atoms with Crippen LogP contribution in [-0.2, 0) is 4.79 Å². The standard InChI is InChI=1S/C15H20BrN3O2/c1-10-7-11(16)9-12(8-10)18-14(20)15(13(17)19-21)5-3-2-4-6-15/h7-9,21H,2-6H2,1H3,(H2,17,19)(H,18,20). The molecule has 1 aliphatic carbocycles. The van der Waals surface area contributed by atoms with Gasteiger partial charge < -0.3 is 16.3 Å². The van der Waals surface area contributed by atoms with Crippen LogP contribution in [0.4, 0.5) is 5.69 Å². The molecule has 0 heterocycles. The summed E-state index contributed by atoms with van der Waals surface area (Å²) in [6, 6.07) is 5.70. The van der Waals surface area contributed by atoms with Gasteiger partial charge in [0, 0.05) is 10.2 Å². The van der Waals surface area contributed by atoms with E-state index in [9.17, 15) is 4.79 Å². The molecule has 0 unspecified atom stereocenters. The lowest BCUT2D eigenvalue weighted by Gasteiger charge is -2.34. The van der Waals surface area contributed by atoms with Crippen LogP contribution in [0.5, 0.6) is 0 Å². The van der Waals surface area contributed by atoms with Crippen molar-refractivity contribution in [1.82, 2.24) is 0 Å². The number of rotatable bonds is 3. The van der Waals surface area contributed by atoms with E-state index in [0.29, 0.717) is 18.5 Å². The van der Waals surface area contributed by atoms with Gasteiger partial charge in [-0.05, 0) is 43.5 Å². The first kappa shape index (κ1) is 15.8. The third-order valence-electron chi connectivity index (χ3n) is 4.04. The van der Waals surface area contributed by atoms with Crippen molar-refractivity contribution in [2.45, 2.75) is 39.0 Å². The van der Waals surface area contributed by atoms with Crippen molar-refractivity contribution in [3.63, 3.8) is 0 Å². The molecule has 1 aromatic rings. The number of oxime groups is 1. The Bertz CT molecular complexity index is 546. The molecule has 1 saturated carbocycles. The van der Waals surface area contributed by atoms with Crippen molar-refractivity contribution >= 4 is 33.4 Å². The monoisotopic (exact) mass is 353 g/mol. The van der Waals surface area contributed by atoms with Gasteiger partial charge in [-0.15, -0.1) is 0 Å². The van der Waals surface area contributed by atoms with Crippen LogP contribution in [0.25, 0.3) is 0 Å². The molecule has 114 valence electrons. The molecule has 0 aliphatic heterocycles. The molecule has 1 aliphatic rings. The maximum atomic E-state index is 12.7. The first-order valence-electron chi connectivity index (χ1n) is 7.04. The Morgan fingerprint density at radius 3 is 2.57 bits per heavy atom. The fourth-order valence-electron chi connectivity index (χ4n) is 2.91. The zero-order valence-corrected chi connectivity index (χ0v) is 13.6. The van der Waals surface area contributed by atoms with E-state index in [0.717, 1.165) is 29.3 Å². The molecular formula is C15H20BrN3O2. The summed E-state index contributed by atoms with van der Waals surface area (Å²) < 4.78 is 0.902. The number of carbonyl (C=O) groups excluding carboxylic acids is 1. The van der Waals surface area contributed by atoms with E-state index < -0.39 is 5.41 Å². The summed E-state index contributed by atoms with van der Waals surface area (Å²) in [4.78, 5) is 12.7. The van der Waals surface area contributed by atoms with Gasteiger partial charge in [0.15, 0.2) is 5.84 Å². The van der Waals surface area contributed by atoms with Crippen LogP contribution in [0.15, 0.2) is 27.8 Å². The number of aryl methyl sites for hydroxylation is 1. The maximum Gasteiger partial charge on any atom is 0.238 e. The molecule has 1 amide bonds. The molecule has 21 heavy (non-hydrogen) atoms. The number of hydrogen-bond donors (Lipinski definition) is 3. The second-order valence-corrected chi connectivity index (χ2v) is 6.52. The second kappa shape index (κ2) is 6.47. The summed E-state index contributed by atoms with van der Waals surface area (Å²) in [7, 11) is 0. The quantitative estimate of drug-likeness (QED) is 0.336. The average Bonchev–Trinajstić information content (AvgIpc) is 2.46. The number of hydrogen-bond acceptors (Lipinski definition) is 3. The van der Waals surface area contributed by atoms with Gasteiger partial charge in [0.2, 0.25) is 5.91 Å². The first-order chi connectivity index (χ1) is 9.98. The van der Waals surface area contributed by atoms with Crippen LogP contribution >= 0.6 is 15.9 Å². The summed E-state index contributed by atoms with van der Waals surface area (Å²) in [6.45, 7) is 1.96. The van der Waals surface area contributed by atoms with E-state index in [2.05, 4.69) is 26.4 Å². The van der Waals surface area contributed by atoms with Crippen molar-refractivity contribution in [2.75, 3.05) is 5.32 Å². The first-order valence-corrected chi connectivity index (χ1v) is 7.84. The molecule has 5 nitrogen and oxygen atoms in total. The van der Waals surface area contributed by atoms with Gasteiger partial charge in [0.1, 0.15) is 5.41 Å². The molecule has 0 saturated heterocycles. The van der Waals surface area contributed by atoms with Gasteiger partial charge in [0.05, 0.1) is 0 Å². The number of nitrogens with one attached hydrogen (secondary N) is 1. The van der Waals surface area contributed by atoms with E-state index in [-0.39, 0.29) is 11.7 Å². The van der Waals surface area contributed by atoms with Gasteiger partial charge in [-0.1, -0.05) is 40.3 Å². The molecule has 0 radical (unpaired) electrons. The Morgan fingerprint density at radius 1 is 1.33 bits per heavy atom. The molecule has 2 rings (SSSR count). The minimum absolute atomic E-state index is 0.00594. The van der Waals surface area contributed by atoms with Crippen LogP contribution in [0.1, 0.15) is 37.7 Å². The molecule has 6 heteroatoms. The maximum absolute atomic E-state index is 12.7. The van der Waals surface area contributed by atoms with Crippen molar-refractivity contribution in [2.24, 2.45) is 16.3 Å². The average molecular weight is 354 g/mol. The Balaban J connectivity index is 2.26. The molecule has 4 N–H and O–H groups in total. The third-order valence-corrected chi connectivity index (χ3v) is 4.50. The van der Waals surface area contributed by atoms with Crippen molar-refractivity contribution in [1.29, 1.82) is 0 Å². The molecule has 1 aromatic carbocycles. The van der Waals surface area contributed by atoms with Crippen LogP contribution in [0.3, 0.4) is 0 Å². The molecule has 0 spiro atoms. The largest absolute Gasteiger partial charge is 0.409 e. The van der Waals surface area contributed by atoms with Crippen LogP contribution in [0.2, 0.25) is 0 Å². The highest BCUT2D eigenvalue weighted by molar-refractivity contribution is 9.10. The normalized spacial score (nSPS) is 18.3. The van der Waals surface area contributed by atoms with Crippen LogP contribution in [-0.4, -0.2) is 17.0 Å². The topological polar surface area (TPSA) is 87.7 Å². The highest BCUT2D eigenvalue weighted by atomic mass is 79.9. The minimum atomic E-state index is -0.900. The lowest BCUT2D eigenvalue weighted by molar-refractivity contribution is -0.123. The summed E-state index contributed by atoms with van der Waals surface area (Å²) >= 11 is 3.42. The fraction of sp³-hybridized carbons (Fsp3) is 0.467. The Kier molecular flexibility index (Phi) is 4.88. The van der Waals surface area contributed by atoms with Crippen LogP contribution < -0.4 is 11.1 Å². The molecule has 0 aromatic heterocycles. The third kappa shape index (κ3) is 3.37. The number of halogens is 1. The minimum Gasteiger partial charge on any atom is -0.409 e. The molecular weight excluding hydrogens is 334 g/mol. The van der Waals surface area contributed by atoms with E-state index in [1.54, 1.807) is 0 Å². The van der Waals surface area contributed by atoms with Gasteiger partial charge in [-0.25, -0.2) is 0 Å². The Morgan fingerprint density at radius 2 is 2.00 bits per heavy atom. The summed E-state index contributed by atoms with van der Waals surface area (Å²) in [6.07, 6.45) is 4.11. The summed E-state index contributed by atoms with van der Waals surface area (Å²) in [5.74, 6) is -0.193. The highest BCUT2D eigenvalue weighted by Gasteiger charge is 2.43. The lowest BCUT2D eigenvalue weighted by Crippen LogP contribution is -2.48. The number of amides is 1. The zero-order valence-electron chi connectivity index (χ0n) is 12.0. The van der Waals surface area contributed by atoms with E-state index >= 15 is 0 Å². The van der Waals surface area contributed by atoms with E-state index in [1.165, 1.54) is 0 Å². The molecule has 1 fully saturated rings. The number of anilines is 1. The smallest absolute Gasteiger partial charge is 0.238 e. The van der Waals surface area contributed by atoms with Crippen molar-refractivity contribution in [3.8, 4) is 0 Å². The molecule has 0 bridgehead atoms. The number of nitrogens with two attached hydrogens (primary N) is 1. The predicted molar refractivity (Wildman–Crippen MR) is 86.4 cm³/mol. The van der Waals surface area contributed by atoms with Crippen LogP contribution in [0, 0.1) is 12.3 Å². The van der Waals surface area contributed by atoms with Gasteiger partial charge in [-0.2, -0.15) is 0 Å². The fourth-order valence-corrected chi connectivity index (χ4v) is 3.52. The zero-order chi connectivity index (χ0) is 15.5. The lowest BCUT2D eigenvalue weighted by atomic mass is 9.72. The van der Waals surface area contributed by atoms with Gasteiger partial charge in [-0.3, -0.25) is 4.79 Å². The van der Waals surface area contributed by atoms with E-state index in [4.69, 9.17) is 10.9 Å². The van der Waals surface area contributed by atoms with E-state index in [1.807, 2.05) is 25.1 Å². The summed E-state index contributed by atoms with van der Waals surface area (Å²) in [5, 5.41) is 15.0.